The Morgan fingerprint density at radius 2 is 1.71 bits per heavy atom. The minimum atomic E-state index is 0.549. The van der Waals surface area contributed by atoms with Gasteiger partial charge in [-0.3, -0.25) is 4.90 Å². The lowest BCUT2D eigenvalue weighted by atomic mass is 10.2. The minimum Gasteiger partial charge on any atom is -0.354 e. The highest BCUT2D eigenvalue weighted by atomic mass is 15.3. The van der Waals surface area contributed by atoms with Gasteiger partial charge < -0.3 is 10.6 Å². The number of aromatic nitrogens is 1. The maximum Gasteiger partial charge on any atom is 0.133 e. The average Bonchev–Trinajstić information content (AvgIpc) is 2.56. The van der Waals surface area contributed by atoms with E-state index in [1.807, 2.05) is 12.3 Å². The normalized spacial score (nSPS) is 16.1. The molecular formula is C17H22N4. The molecule has 1 aromatic heterocycles. The Hall–Kier alpha value is -1.91. The van der Waals surface area contributed by atoms with Crippen LogP contribution in [0.25, 0.3) is 0 Å². The van der Waals surface area contributed by atoms with Gasteiger partial charge in [-0.05, 0) is 11.6 Å². The minimum absolute atomic E-state index is 0.549. The van der Waals surface area contributed by atoms with Crippen molar-refractivity contribution in [3.8, 4) is 0 Å². The van der Waals surface area contributed by atoms with Crippen LogP contribution in [0.4, 0.5) is 5.82 Å². The molecule has 1 aliphatic rings. The summed E-state index contributed by atoms with van der Waals surface area (Å²) in [5, 5.41) is 0. The summed E-state index contributed by atoms with van der Waals surface area (Å²) in [4.78, 5) is 9.36. The predicted octanol–water partition coefficient (Wildman–Crippen LogP) is 1.86. The Balaban J connectivity index is 1.60. The molecule has 2 aromatic rings. The Morgan fingerprint density at radius 1 is 0.952 bits per heavy atom. The summed E-state index contributed by atoms with van der Waals surface area (Å²) in [5.74, 6) is 1.05. The van der Waals surface area contributed by atoms with Gasteiger partial charge in [0, 0.05) is 51.0 Å². The van der Waals surface area contributed by atoms with Crippen LogP contribution in [0.2, 0.25) is 0 Å². The van der Waals surface area contributed by atoms with Crippen LogP contribution in [0.15, 0.2) is 48.7 Å². The molecule has 0 unspecified atom stereocenters. The summed E-state index contributed by atoms with van der Waals surface area (Å²) in [5.41, 5.74) is 8.32. The van der Waals surface area contributed by atoms with Gasteiger partial charge in [-0.15, -0.1) is 0 Å². The molecule has 2 heterocycles. The first-order valence-corrected chi connectivity index (χ1v) is 7.52. The van der Waals surface area contributed by atoms with Gasteiger partial charge in [-0.1, -0.05) is 36.4 Å². The van der Waals surface area contributed by atoms with Crippen molar-refractivity contribution in [2.75, 3.05) is 31.1 Å². The Kier molecular flexibility index (Phi) is 4.48. The lowest BCUT2D eigenvalue weighted by molar-refractivity contribution is 0.249. The lowest BCUT2D eigenvalue weighted by Crippen LogP contribution is -2.46. The van der Waals surface area contributed by atoms with Gasteiger partial charge in [-0.2, -0.15) is 0 Å². The fraction of sp³-hybridized carbons (Fsp3) is 0.353. The number of nitrogens with zero attached hydrogens (tertiary/aromatic N) is 3. The number of anilines is 1. The van der Waals surface area contributed by atoms with Gasteiger partial charge >= 0.3 is 0 Å². The molecule has 0 amide bonds. The van der Waals surface area contributed by atoms with E-state index < -0.39 is 0 Å². The summed E-state index contributed by atoms with van der Waals surface area (Å²) in [6, 6.07) is 14.7. The molecule has 0 atom stereocenters. The summed E-state index contributed by atoms with van der Waals surface area (Å²) in [7, 11) is 0. The summed E-state index contributed by atoms with van der Waals surface area (Å²) in [6.45, 7) is 5.73. The second-order valence-electron chi connectivity index (χ2n) is 5.44. The van der Waals surface area contributed by atoms with E-state index in [9.17, 15) is 0 Å². The third-order valence-electron chi connectivity index (χ3n) is 4.01. The van der Waals surface area contributed by atoms with Crippen molar-refractivity contribution in [1.82, 2.24) is 9.88 Å². The van der Waals surface area contributed by atoms with E-state index in [-0.39, 0.29) is 0 Å². The first-order chi connectivity index (χ1) is 10.4. The van der Waals surface area contributed by atoms with E-state index in [4.69, 9.17) is 5.73 Å². The molecule has 0 aliphatic carbocycles. The molecular weight excluding hydrogens is 260 g/mol. The summed E-state index contributed by atoms with van der Waals surface area (Å²) in [6.07, 6.45) is 1.85. The van der Waals surface area contributed by atoms with E-state index in [2.05, 4.69) is 51.2 Å². The quantitative estimate of drug-likeness (QED) is 0.930. The fourth-order valence-electron chi connectivity index (χ4n) is 2.83. The largest absolute Gasteiger partial charge is 0.354 e. The highest BCUT2D eigenvalue weighted by molar-refractivity contribution is 5.47. The van der Waals surface area contributed by atoms with Crippen molar-refractivity contribution >= 4 is 5.82 Å². The molecule has 0 saturated carbocycles. The zero-order chi connectivity index (χ0) is 14.5. The van der Waals surface area contributed by atoms with Crippen LogP contribution in [0.5, 0.6) is 0 Å². The highest BCUT2D eigenvalue weighted by Gasteiger charge is 2.19. The zero-order valence-electron chi connectivity index (χ0n) is 12.3. The number of hydrogen-bond donors (Lipinski definition) is 1. The van der Waals surface area contributed by atoms with Crippen molar-refractivity contribution in [2.24, 2.45) is 5.73 Å². The number of piperazine rings is 1. The standard InChI is InChI=1S/C17H22N4/c18-13-16-7-4-8-19-17(16)21-11-9-20(10-12-21)14-15-5-2-1-3-6-15/h1-8H,9-14,18H2. The van der Waals surface area contributed by atoms with Crippen LogP contribution in [0, 0.1) is 0 Å². The molecule has 1 aliphatic heterocycles. The summed E-state index contributed by atoms with van der Waals surface area (Å²) < 4.78 is 0. The number of nitrogens with two attached hydrogens (primary N) is 1. The number of benzene rings is 1. The highest BCUT2D eigenvalue weighted by Crippen LogP contribution is 2.19. The average molecular weight is 282 g/mol. The first kappa shape index (κ1) is 14.0. The number of rotatable bonds is 4. The second kappa shape index (κ2) is 6.70. The van der Waals surface area contributed by atoms with Gasteiger partial charge in [0.25, 0.3) is 0 Å². The SMILES string of the molecule is NCc1cccnc1N1CCN(Cc2ccccc2)CC1. The molecule has 0 radical (unpaired) electrons. The molecule has 2 N–H and O–H groups in total. The second-order valence-corrected chi connectivity index (χ2v) is 5.44. The third kappa shape index (κ3) is 3.40. The molecule has 1 aromatic carbocycles. The maximum atomic E-state index is 5.81. The Labute approximate surface area is 126 Å². The van der Waals surface area contributed by atoms with E-state index in [0.717, 1.165) is 44.1 Å². The smallest absolute Gasteiger partial charge is 0.133 e. The molecule has 0 bridgehead atoms. The molecule has 1 saturated heterocycles. The van der Waals surface area contributed by atoms with Gasteiger partial charge in [0.1, 0.15) is 5.82 Å². The first-order valence-electron chi connectivity index (χ1n) is 7.52. The van der Waals surface area contributed by atoms with Crippen molar-refractivity contribution in [2.45, 2.75) is 13.1 Å². The van der Waals surface area contributed by atoms with Crippen molar-refractivity contribution in [1.29, 1.82) is 0 Å². The van der Waals surface area contributed by atoms with Crippen LogP contribution in [0.1, 0.15) is 11.1 Å². The molecule has 4 heteroatoms. The zero-order valence-corrected chi connectivity index (χ0v) is 12.3. The predicted molar refractivity (Wildman–Crippen MR) is 86.1 cm³/mol. The van der Waals surface area contributed by atoms with Gasteiger partial charge in [0.05, 0.1) is 0 Å². The van der Waals surface area contributed by atoms with Gasteiger partial charge in [-0.25, -0.2) is 4.98 Å². The van der Waals surface area contributed by atoms with Crippen LogP contribution in [0.3, 0.4) is 0 Å². The molecule has 21 heavy (non-hydrogen) atoms. The third-order valence-corrected chi connectivity index (χ3v) is 4.01. The Bertz CT molecular complexity index is 562. The number of pyridine rings is 1. The molecule has 4 nitrogen and oxygen atoms in total. The van der Waals surface area contributed by atoms with Gasteiger partial charge in [0.15, 0.2) is 0 Å². The molecule has 110 valence electrons. The van der Waals surface area contributed by atoms with E-state index in [1.54, 1.807) is 0 Å². The molecule has 0 spiro atoms. The van der Waals surface area contributed by atoms with Crippen molar-refractivity contribution in [3.05, 3.63) is 59.8 Å². The Morgan fingerprint density at radius 3 is 2.43 bits per heavy atom. The van der Waals surface area contributed by atoms with E-state index in [0.29, 0.717) is 6.54 Å². The topological polar surface area (TPSA) is 45.4 Å². The van der Waals surface area contributed by atoms with Crippen molar-refractivity contribution < 1.29 is 0 Å². The maximum absolute atomic E-state index is 5.81. The lowest BCUT2D eigenvalue weighted by Gasteiger charge is -2.36. The van der Waals surface area contributed by atoms with Crippen molar-refractivity contribution in [3.63, 3.8) is 0 Å². The fourth-order valence-corrected chi connectivity index (χ4v) is 2.83. The van der Waals surface area contributed by atoms with Gasteiger partial charge in [0.2, 0.25) is 0 Å². The summed E-state index contributed by atoms with van der Waals surface area (Å²) >= 11 is 0. The van der Waals surface area contributed by atoms with Crippen LogP contribution in [-0.2, 0) is 13.1 Å². The van der Waals surface area contributed by atoms with Crippen LogP contribution in [-0.4, -0.2) is 36.1 Å². The van der Waals surface area contributed by atoms with E-state index >= 15 is 0 Å². The van der Waals surface area contributed by atoms with E-state index in [1.165, 1.54) is 5.56 Å². The number of hydrogen-bond acceptors (Lipinski definition) is 4. The van der Waals surface area contributed by atoms with Crippen LogP contribution >= 0.6 is 0 Å². The molecule has 3 rings (SSSR count). The van der Waals surface area contributed by atoms with Crippen LogP contribution < -0.4 is 10.6 Å². The molecule has 1 fully saturated rings. The monoisotopic (exact) mass is 282 g/mol.